The minimum absolute atomic E-state index is 0. The number of nitrogens with zero attached hydrogens (tertiary/aromatic N) is 2. The zero-order chi connectivity index (χ0) is 31.9. The molecule has 0 fully saturated rings. The number of hydrogen-bond donors (Lipinski definition) is 2. The molecule has 0 bridgehead atoms. The van der Waals surface area contributed by atoms with Gasteiger partial charge in [0, 0.05) is 13.0 Å². The lowest BCUT2D eigenvalue weighted by Crippen LogP contribution is -3.00. The lowest BCUT2D eigenvalue weighted by molar-refractivity contribution is -0.870. The van der Waals surface area contributed by atoms with E-state index in [2.05, 4.69) is 45.1 Å². The Morgan fingerprint density at radius 2 is 0.909 bits per heavy atom. The summed E-state index contributed by atoms with van der Waals surface area (Å²) in [6.07, 6.45) is 31.6. The molecule has 44 heavy (non-hydrogen) atoms. The molecule has 0 atom stereocenters. The first-order valence-corrected chi connectivity index (χ1v) is 20.0. The van der Waals surface area contributed by atoms with Crippen LogP contribution in [0.25, 0.3) is 0 Å². The van der Waals surface area contributed by atoms with Crippen LogP contribution in [0, 0.1) is 0 Å². The zero-order valence-corrected chi connectivity index (χ0v) is 33.1. The van der Waals surface area contributed by atoms with Crippen LogP contribution < -0.4 is 34.8 Å². The first-order chi connectivity index (χ1) is 20.7. The van der Waals surface area contributed by atoms with Gasteiger partial charge in [-0.1, -0.05) is 155 Å². The highest BCUT2D eigenvalue weighted by Gasteiger charge is 2.25. The second-order valence-corrected chi connectivity index (χ2v) is 15.4. The largest absolute Gasteiger partial charge is 1.00 e. The average Bonchev–Trinajstić information content (AvgIpc) is 2.95. The molecule has 0 aromatic carbocycles. The van der Waals surface area contributed by atoms with Gasteiger partial charge in [0.25, 0.3) is 0 Å². The lowest BCUT2D eigenvalue weighted by atomic mass is 10.1. The molecule has 0 aliphatic heterocycles. The quantitative estimate of drug-likeness (QED) is 0.0181. The molecular formula is C35H76IN4O3P. The minimum atomic E-state index is -3.53. The van der Waals surface area contributed by atoms with E-state index < -0.39 is 7.75 Å². The SMILES string of the molecule is CCCCCCCCCCCCCCOP(=O)(NC(N)=NCCC[N+](C)(C)C)OCCCCCCCCCCCCCC.[I-]. The molecule has 0 aliphatic carbocycles. The number of halogens is 1. The van der Waals surface area contributed by atoms with Gasteiger partial charge in [0.05, 0.1) is 40.9 Å². The molecule has 0 unspecified atom stereocenters. The number of rotatable bonds is 33. The molecule has 0 rings (SSSR count). The Morgan fingerprint density at radius 3 is 1.23 bits per heavy atom. The number of nitrogens with one attached hydrogen (secondary N) is 1. The number of hydrogen-bond acceptors (Lipinski definition) is 4. The molecule has 3 N–H and O–H groups in total. The summed E-state index contributed by atoms with van der Waals surface area (Å²) in [6.45, 7) is 6.95. The highest BCUT2D eigenvalue weighted by Crippen LogP contribution is 2.44. The number of quaternary nitrogens is 1. The van der Waals surface area contributed by atoms with Gasteiger partial charge in [0.2, 0.25) is 0 Å². The summed E-state index contributed by atoms with van der Waals surface area (Å²) in [6, 6.07) is 0. The molecule has 0 radical (unpaired) electrons. The van der Waals surface area contributed by atoms with Crippen LogP contribution in [0.4, 0.5) is 0 Å². The Balaban J connectivity index is 0. The van der Waals surface area contributed by atoms with Gasteiger partial charge in [-0.05, 0) is 12.8 Å². The summed E-state index contributed by atoms with van der Waals surface area (Å²) in [5.74, 6) is 0.147. The lowest BCUT2D eigenvalue weighted by Gasteiger charge is -2.23. The fourth-order valence-electron chi connectivity index (χ4n) is 5.28. The molecule has 0 aromatic heterocycles. The van der Waals surface area contributed by atoms with Crippen LogP contribution in [-0.4, -0.2) is 57.9 Å². The Bertz CT molecular complexity index is 643. The van der Waals surface area contributed by atoms with E-state index in [9.17, 15) is 4.57 Å². The molecule has 7 nitrogen and oxygen atoms in total. The van der Waals surface area contributed by atoms with Crippen molar-refractivity contribution < 1.29 is 42.1 Å². The molecule has 0 saturated heterocycles. The number of nitrogens with two attached hydrogens (primary N) is 1. The molecule has 0 saturated carbocycles. The third kappa shape index (κ3) is 35.0. The van der Waals surface area contributed by atoms with Crippen LogP contribution in [-0.2, 0) is 13.6 Å². The third-order valence-electron chi connectivity index (χ3n) is 8.04. The fourth-order valence-corrected chi connectivity index (χ4v) is 6.57. The zero-order valence-electron chi connectivity index (χ0n) is 30.0. The maximum atomic E-state index is 13.5. The number of unbranched alkanes of at least 4 members (excludes halogenated alkanes) is 22. The van der Waals surface area contributed by atoms with Crippen molar-refractivity contribution in [2.24, 2.45) is 10.7 Å². The monoisotopic (exact) mass is 758 g/mol. The molecule has 9 heteroatoms. The van der Waals surface area contributed by atoms with Crippen LogP contribution in [0.1, 0.15) is 174 Å². The topological polar surface area (TPSA) is 85.9 Å². The van der Waals surface area contributed by atoms with Gasteiger partial charge in [0.15, 0.2) is 5.96 Å². The number of aliphatic imine (C=N–C) groups is 1. The van der Waals surface area contributed by atoms with Crippen molar-refractivity contribution in [3.05, 3.63) is 0 Å². The van der Waals surface area contributed by atoms with Crippen molar-refractivity contribution in [3.63, 3.8) is 0 Å². The summed E-state index contributed by atoms with van der Waals surface area (Å²) in [5, 5.41) is 2.81. The molecule has 0 amide bonds. The summed E-state index contributed by atoms with van der Waals surface area (Å²) in [4.78, 5) is 4.38. The highest BCUT2D eigenvalue weighted by atomic mass is 127. The average molecular weight is 759 g/mol. The molecule has 0 aromatic rings. The van der Waals surface area contributed by atoms with Crippen LogP contribution in [0.3, 0.4) is 0 Å². The maximum absolute atomic E-state index is 13.5. The highest BCUT2D eigenvalue weighted by molar-refractivity contribution is 7.52. The van der Waals surface area contributed by atoms with Gasteiger partial charge in [0.1, 0.15) is 0 Å². The summed E-state index contributed by atoms with van der Waals surface area (Å²) < 4.78 is 26.0. The van der Waals surface area contributed by atoms with Crippen molar-refractivity contribution in [2.45, 2.75) is 174 Å². The van der Waals surface area contributed by atoms with E-state index in [0.29, 0.717) is 19.8 Å². The smallest absolute Gasteiger partial charge is 0.435 e. The van der Waals surface area contributed by atoms with E-state index in [4.69, 9.17) is 14.8 Å². The minimum Gasteiger partial charge on any atom is -1.00 e. The fraction of sp³-hybridized carbons (Fsp3) is 0.971. The predicted molar refractivity (Wildman–Crippen MR) is 189 cm³/mol. The summed E-state index contributed by atoms with van der Waals surface area (Å²) in [5.41, 5.74) is 6.10. The first-order valence-electron chi connectivity index (χ1n) is 18.5. The van der Waals surface area contributed by atoms with Crippen LogP contribution in [0.5, 0.6) is 0 Å². The van der Waals surface area contributed by atoms with Crippen molar-refractivity contribution in [2.75, 3.05) is 47.4 Å². The van der Waals surface area contributed by atoms with Gasteiger partial charge in [-0.3, -0.25) is 19.1 Å². The standard InChI is InChI=1S/C35H76N4O3P.HI/c1-6-8-10-12-14-16-18-20-22-24-26-28-33-41-43(40,38-35(36)37-31-30-32-39(3,4)5)42-34-29-27-25-23-21-19-17-15-13-11-9-7-2;/h6-34H2,1-5H3,(H3,36,37,38,40);1H/q+1;/p-1. The Hall–Kier alpha value is 0.110. The second kappa shape index (κ2) is 33.0. The number of guanidine groups is 1. The van der Waals surface area contributed by atoms with E-state index in [-0.39, 0.29) is 29.9 Å². The molecule has 0 spiro atoms. The van der Waals surface area contributed by atoms with Gasteiger partial charge in [-0.15, -0.1) is 0 Å². The van der Waals surface area contributed by atoms with E-state index in [1.165, 1.54) is 128 Å². The molecule has 266 valence electrons. The third-order valence-corrected chi connectivity index (χ3v) is 9.59. The Labute approximate surface area is 292 Å². The second-order valence-electron chi connectivity index (χ2n) is 13.7. The Kier molecular flexibility index (Phi) is 34.7. The Morgan fingerprint density at radius 1 is 0.591 bits per heavy atom. The van der Waals surface area contributed by atoms with Crippen molar-refractivity contribution in [1.29, 1.82) is 0 Å². The van der Waals surface area contributed by atoms with Crippen LogP contribution in [0.2, 0.25) is 0 Å². The van der Waals surface area contributed by atoms with E-state index >= 15 is 0 Å². The van der Waals surface area contributed by atoms with Crippen molar-refractivity contribution in [3.8, 4) is 0 Å². The maximum Gasteiger partial charge on any atom is 0.435 e. The summed E-state index contributed by atoms with van der Waals surface area (Å²) >= 11 is 0. The molecule has 0 heterocycles. The first kappa shape index (κ1) is 46.2. The van der Waals surface area contributed by atoms with Gasteiger partial charge in [-0.25, -0.2) is 4.57 Å². The van der Waals surface area contributed by atoms with Crippen molar-refractivity contribution >= 4 is 13.7 Å². The van der Waals surface area contributed by atoms with Gasteiger partial charge >= 0.3 is 7.75 Å². The summed E-state index contributed by atoms with van der Waals surface area (Å²) in [7, 11) is 2.95. The van der Waals surface area contributed by atoms with E-state index in [1.54, 1.807) is 0 Å². The van der Waals surface area contributed by atoms with Gasteiger partial charge in [-0.2, -0.15) is 0 Å². The van der Waals surface area contributed by atoms with Crippen LogP contribution >= 0.6 is 7.75 Å². The van der Waals surface area contributed by atoms with E-state index in [0.717, 1.165) is 43.1 Å². The molecular weight excluding hydrogens is 682 g/mol. The molecule has 0 aliphatic rings. The normalized spacial score (nSPS) is 12.4. The van der Waals surface area contributed by atoms with E-state index in [1.807, 2.05) is 0 Å². The van der Waals surface area contributed by atoms with Gasteiger partial charge < -0.3 is 34.2 Å². The van der Waals surface area contributed by atoms with Crippen molar-refractivity contribution in [1.82, 2.24) is 5.09 Å². The van der Waals surface area contributed by atoms with Crippen LogP contribution in [0.15, 0.2) is 4.99 Å². The predicted octanol–water partition coefficient (Wildman–Crippen LogP) is 7.53.